The summed E-state index contributed by atoms with van der Waals surface area (Å²) in [6, 6.07) is 27.5. The summed E-state index contributed by atoms with van der Waals surface area (Å²) in [5.41, 5.74) is -2.62. The van der Waals surface area contributed by atoms with Gasteiger partial charge in [-0.15, -0.1) is 0 Å². The normalized spacial score (nSPS) is 22.4. The van der Waals surface area contributed by atoms with E-state index in [1.807, 2.05) is 111 Å². The van der Waals surface area contributed by atoms with Crippen molar-refractivity contribution in [1.29, 1.82) is 5.26 Å². The van der Waals surface area contributed by atoms with Crippen LogP contribution < -0.4 is 20.7 Å². The molecule has 1 saturated heterocycles. The molecule has 2 fully saturated rings. The van der Waals surface area contributed by atoms with Gasteiger partial charge < -0.3 is 37.5 Å². The number of hydrogen-bond donors (Lipinski definition) is 1. The highest BCUT2D eigenvalue weighted by Gasteiger charge is 2.70. The molecule has 1 aromatic heterocycles. The first-order valence-corrected chi connectivity index (χ1v) is 21.9. The fraction of sp³-hybridized carbons (Fsp3) is 0.457. The third-order valence-corrected chi connectivity index (χ3v) is 13.3. The van der Waals surface area contributed by atoms with Gasteiger partial charge in [0, 0.05) is 44.1 Å². The number of H-pyrrole nitrogens is 1. The third kappa shape index (κ3) is 9.89. The van der Waals surface area contributed by atoms with Crippen LogP contribution in [-0.2, 0) is 43.2 Å². The Morgan fingerprint density at radius 3 is 1.95 bits per heavy atom. The Kier molecular flexibility index (Phi) is 15.3. The van der Waals surface area contributed by atoms with E-state index in [0.717, 1.165) is 0 Å². The maximum absolute atomic E-state index is 13.7. The number of carbonyl (C=O) groups excluding carboxylic acids is 2. The number of carbonyl (C=O) groups is 2. The lowest BCUT2D eigenvalue weighted by molar-refractivity contribution is -0.238. The fourth-order valence-electron chi connectivity index (χ4n) is 8.69. The molecule has 4 aromatic rings. The number of methoxy groups -OCH3 is 2. The first-order valence-electron chi connectivity index (χ1n) is 20.8. The van der Waals surface area contributed by atoms with Crippen LogP contribution in [0.2, 0.25) is 0 Å². The van der Waals surface area contributed by atoms with Crippen LogP contribution in [0.3, 0.4) is 0 Å². The van der Waals surface area contributed by atoms with E-state index < -0.39 is 80.0 Å². The highest BCUT2D eigenvalue weighted by atomic mass is 31.2. The summed E-state index contributed by atoms with van der Waals surface area (Å²) in [4.78, 5) is 54.7. The monoisotopic (exact) mass is 886 g/mol. The van der Waals surface area contributed by atoms with E-state index in [1.165, 1.54) is 30.7 Å². The number of benzene rings is 3. The van der Waals surface area contributed by atoms with Crippen LogP contribution in [0.5, 0.6) is 11.5 Å². The van der Waals surface area contributed by atoms with Crippen LogP contribution in [-0.4, -0.2) is 89.6 Å². The van der Waals surface area contributed by atoms with Crippen molar-refractivity contribution in [1.82, 2.24) is 14.2 Å². The lowest BCUT2D eigenvalue weighted by Gasteiger charge is -2.49. The predicted octanol–water partition coefficient (Wildman–Crippen LogP) is 6.37. The van der Waals surface area contributed by atoms with Crippen molar-refractivity contribution in [2.45, 2.75) is 102 Å². The number of ether oxygens (including phenoxy) is 6. The lowest BCUT2D eigenvalue weighted by atomic mass is 9.73. The average Bonchev–Trinajstić information content (AvgIpc) is 3.48. The maximum Gasteiger partial charge on any atom is 0.330 e. The molecule has 17 heteroatoms. The van der Waals surface area contributed by atoms with Gasteiger partial charge in [0.2, 0.25) is 0 Å². The van der Waals surface area contributed by atoms with Gasteiger partial charge in [-0.1, -0.05) is 54.6 Å². The minimum absolute atomic E-state index is 0.00824. The summed E-state index contributed by atoms with van der Waals surface area (Å²) < 4.78 is 55.0. The zero-order chi connectivity index (χ0) is 45.5. The van der Waals surface area contributed by atoms with Gasteiger partial charge in [0.15, 0.2) is 11.7 Å². The maximum atomic E-state index is 13.7. The summed E-state index contributed by atoms with van der Waals surface area (Å²) in [5.74, 6) is -0.954. The number of aromatic amines is 1. The number of rotatable bonds is 19. The van der Waals surface area contributed by atoms with Crippen LogP contribution in [0.4, 0.5) is 0 Å². The SMILES string of the molecule is COc1ccc(C(OC[C@]23O[C@@H](n4ccc(=O)[nH]c4=O)[C@H](C[C@H](OC(C)=O)[C@@H]2OC(C)=O)[C@@H]3OP(OCCC#N)N(C(C)C)C(C)C)(c2ccccc2)c2ccc(OC)cc2)cc1. The molecule has 6 rings (SSSR count). The van der Waals surface area contributed by atoms with E-state index in [2.05, 4.69) is 11.1 Å². The number of nitriles is 1. The molecule has 1 saturated carbocycles. The zero-order valence-corrected chi connectivity index (χ0v) is 37.6. The smallest absolute Gasteiger partial charge is 0.330 e. The molecule has 16 nitrogen and oxygen atoms in total. The van der Waals surface area contributed by atoms with Gasteiger partial charge in [-0.25, -0.2) is 9.46 Å². The molecule has 2 bridgehead atoms. The molecular weight excluding hydrogens is 831 g/mol. The molecule has 2 aliphatic rings. The first-order chi connectivity index (χ1) is 30.2. The average molecular weight is 887 g/mol. The molecule has 0 radical (unpaired) electrons. The third-order valence-electron chi connectivity index (χ3n) is 11.2. The van der Waals surface area contributed by atoms with E-state index in [0.29, 0.717) is 28.2 Å². The van der Waals surface area contributed by atoms with Crippen molar-refractivity contribution < 1.29 is 47.1 Å². The quantitative estimate of drug-likeness (QED) is 0.0473. The highest BCUT2D eigenvalue weighted by molar-refractivity contribution is 7.44. The summed E-state index contributed by atoms with van der Waals surface area (Å²) in [6.07, 6.45) is -3.40. The summed E-state index contributed by atoms with van der Waals surface area (Å²) in [6.45, 7) is 10.1. The van der Waals surface area contributed by atoms with Crippen molar-refractivity contribution in [2.75, 3.05) is 27.4 Å². The van der Waals surface area contributed by atoms with Crippen LogP contribution in [0.15, 0.2) is 101 Å². The molecule has 336 valence electrons. The summed E-state index contributed by atoms with van der Waals surface area (Å²) in [7, 11) is 1.14. The summed E-state index contributed by atoms with van der Waals surface area (Å²) in [5, 5.41) is 9.53. The topological polar surface area (TPSA) is 190 Å². The minimum Gasteiger partial charge on any atom is -0.497 e. The van der Waals surface area contributed by atoms with Gasteiger partial charge >= 0.3 is 17.6 Å². The summed E-state index contributed by atoms with van der Waals surface area (Å²) >= 11 is 0. The Bertz CT molecular complexity index is 2280. The second-order valence-electron chi connectivity index (χ2n) is 15.9. The Morgan fingerprint density at radius 2 is 1.44 bits per heavy atom. The minimum atomic E-state index is -2.01. The molecule has 63 heavy (non-hydrogen) atoms. The molecular formula is C46H55N4O12P. The van der Waals surface area contributed by atoms with Crippen LogP contribution >= 0.6 is 8.53 Å². The molecule has 0 amide bonds. The number of aromatic nitrogens is 2. The van der Waals surface area contributed by atoms with E-state index in [9.17, 15) is 24.4 Å². The molecule has 0 spiro atoms. The van der Waals surface area contributed by atoms with Gasteiger partial charge in [0.05, 0.1) is 39.9 Å². The molecule has 1 aliphatic carbocycles. The largest absolute Gasteiger partial charge is 0.497 e. The molecule has 3 aromatic carbocycles. The van der Waals surface area contributed by atoms with Gasteiger partial charge in [0.1, 0.15) is 35.5 Å². The molecule has 1 aliphatic heterocycles. The number of fused-ring (bicyclic) bond motifs is 2. The second kappa shape index (κ2) is 20.4. The Labute approximate surface area is 367 Å². The molecule has 7 atom stereocenters. The van der Waals surface area contributed by atoms with Crippen LogP contribution in [0.25, 0.3) is 0 Å². The molecule has 2 heterocycles. The van der Waals surface area contributed by atoms with Crippen molar-refractivity contribution in [3.63, 3.8) is 0 Å². The first kappa shape index (κ1) is 47.1. The van der Waals surface area contributed by atoms with E-state index in [4.69, 9.17) is 37.5 Å². The van der Waals surface area contributed by atoms with Crippen LogP contribution in [0, 0.1) is 17.2 Å². The Balaban J connectivity index is 1.65. The van der Waals surface area contributed by atoms with E-state index in [-0.39, 0.29) is 31.5 Å². The number of nitrogens with zero attached hydrogens (tertiary/aromatic N) is 3. The van der Waals surface area contributed by atoms with Crippen LogP contribution in [0.1, 0.15) is 77.3 Å². The van der Waals surface area contributed by atoms with Gasteiger partial charge in [-0.05, 0) is 75.1 Å². The van der Waals surface area contributed by atoms with Crippen molar-refractivity contribution >= 4 is 20.5 Å². The van der Waals surface area contributed by atoms with Gasteiger partial charge in [0.25, 0.3) is 14.1 Å². The molecule has 1 N–H and O–H groups in total. The predicted molar refractivity (Wildman–Crippen MR) is 232 cm³/mol. The van der Waals surface area contributed by atoms with Gasteiger partial charge in [-0.3, -0.25) is 23.9 Å². The lowest BCUT2D eigenvalue weighted by Crippen LogP contribution is -2.65. The zero-order valence-electron chi connectivity index (χ0n) is 36.7. The van der Waals surface area contributed by atoms with E-state index >= 15 is 0 Å². The van der Waals surface area contributed by atoms with Gasteiger partial charge in [-0.2, -0.15) is 5.26 Å². The Morgan fingerprint density at radius 1 is 0.873 bits per heavy atom. The Hall–Kier alpha value is -5.40. The van der Waals surface area contributed by atoms with Crippen molar-refractivity contribution in [3.8, 4) is 17.6 Å². The number of esters is 2. The van der Waals surface area contributed by atoms with Crippen molar-refractivity contribution in [3.05, 3.63) is 129 Å². The standard InChI is InChI=1S/C46H55N4O12P/c1-29(2)50(30(3)4)63(58-26-12-24-47)62-41-38-27-39(59-31(5)51)42(60-32(6)52)45(41,61-43(38)49-25-23-40(53)48-44(49)54)28-57-46(33-13-10-9-11-14-33,34-15-19-36(55-7)20-16-34)35-17-21-37(56-8)22-18-35/h9-11,13-23,25,29-30,38-39,41-43H,12,26-28H2,1-8H3,(H,48,53,54)/t38-,39+,41+,42+,43-,45-,63?/m1/s1. The van der Waals surface area contributed by atoms with Crippen molar-refractivity contribution in [2.24, 2.45) is 5.92 Å². The fourth-order valence-corrected chi connectivity index (χ4v) is 10.5. The van der Waals surface area contributed by atoms with E-state index in [1.54, 1.807) is 14.2 Å². The molecule has 1 unspecified atom stereocenters. The number of hydrogen-bond acceptors (Lipinski definition) is 14. The number of nitrogens with one attached hydrogen (secondary N) is 1. The highest BCUT2D eigenvalue weighted by Crippen LogP contribution is 2.59. The second-order valence-corrected chi connectivity index (χ2v) is 17.3.